The van der Waals surface area contributed by atoms with Crippen molar-refractivity contribution in [2.45, 2.75) is 10.6 Å². The molecule has 92 valence electrons. The lowest BCUT2D eigenvalue weighted by Gasteiger charge is -2.00. The molecule has 0 radical (unpaired) electrons. The zero-order valence-corrected chi connectivity index (χ0v) is 11.1. The largest absolute Gasteiger partial charge is 0.320 e. The number of nitrogens with zero attached hydrogens (tertiary/aromatic N) is 2. The van der Waals surface area contributed by atoms with E-state index in [1.807, 2.05) is 36.3 Å². The highest BCUT2D eigenvalue weighted by Gasteiger charge is 1.99. The molecule has 2 N–H and O–H groups in total. The maximum Gasteiger partial charge on any atom is 0.0625 e. The van der Waals surface area contributed by atoms with Crippen LogP contribution >= 0.6 is 11.8 Å². The van der Waals surface area contributed by atoms with E-state index in [-0.39, 0.29) is 0 Å². The van der Waals surface area contributed by atoms with Gasteiger partial charge in [-0.25, -0.2) is 0 Å². The SMILES string of the molecule is Cn1cc(SCc2cccc(C#CCN)c2)cn1. The van der Waals surface area contributed by atoms with Crippen LogP contribution in [0.15, 0.2) is 41.6 Å². The molecule has 2 rings (SSSR count). The predicted octanol–water partition coefficient (Wildman–Crippen LogP) is 2.02. The molecule has 0 saturated carbocycles. The summed E-state index contributed by atoms with van der Waals surface area (Å²) in [6, 6.07) is 8.24. The first-order valence-electron chi connectivity index (χ1n) is 5.67. The van der Waals surface area contributed by atoms with Gasteiger partial charge in [0.15, 0.2) is 0 Å². The summed E-state index contributed by atoms with van der Waals surface area (Å²) in [4.78, 5) is 1.18. The van der Waals surface area contributed by atoms with Crippen molar-refractivity contribution >= 4 is 11.8 Å². The van der Waals surface area contributed by atoms with Crippen LogP contribution in [0.25, 0.3) is 0 Å². The third kappa shape index (κ3) is 3.66. The van der Waals surface area contributed by atoms with Gasteiger partial charge in [0.2, 0.25) is 0 Å². The molecular weight excluding hydrogens is 242 g/mol. The lowest BCUT2D eigenvalue weighted by Crippen LogP contribution is -1.93. The van der Waals surface area contributed by atoms with E-state index in [9.17, 15) is 0 Å². The zero-order valence-electron chi connectivity index (χ0n) is 10.3. The van der Waals surface area contributed by atoms with Gasteiger partial charge in [-0.3, -0.25) is 4.68 Å². The van der Waals surface area contributed by atoms with Gasteiger partial charge in [0.05, 0.1) is 12.7 Å². The molecule has 0 aliphatic rings. The van der Waals surface area contributed by atoms with Crippen LogP contribution in [0, 0.1) is 11.8 Å². The highest BCUT2D eigenvalue weighted by atomic mass is 32.2. The van der Waals surface area contributed by atoms with Crippen LogP contribution < -0.4 is 5.73 Å². The average molecular weight is 257 g/mol. The fraction of sp³-hybridized carbons (Fsp3) is 0.214. The number of benzene rings is 1. The minimum Gasteiger partial charge on any atom is -0.320 e. The van der Waals surface area contributed by atoms with E-state index in [0.717, 1.165) is 11.3 Å². The summed E-state index contributed by atoms with van der Waals surface area (Å²) in [5.74, 6) is 6.83. The standard InChI is InChI=1S/C14H15N3S/c1-17-10-14(9-16-17)18-11-13-5-2-4-12(8-13)6-3-7-15/h2,4-5,8-10H,7,11,15H2,1H3. The number of rotatable bonds is 3. The van der Waals surface area contributed by atoms with E-state index >= 15 is 0 Å². The van der Waals surface area contributed by atoms with Crippen LogP contribution in [-0.2, 0) is 12.8 Å². The Kier molecular flexibility index (Phi) is 4.46. The Morgan fingerprint density at radius 3 is 3.06 bits per heavy atom. The Hall–Kier alpha value is -1.70. The second-order valence-electron chi connectivity index (χ2n) is 3.84. The maximum atomic E-state index is 5.36. The van der Waals surface area contributed by atoms with Gasteiger partial charge in [0, 0.05) is 29.5 Å². The van der Waals surface area contributed by atoms with Crippen LogP contribution in [0.5, 0.6) is 0 Å². The number of hydrogen-bond acceptors (Lipinski definition) is 3. The van der Waals surface area contributed by atoms with Crippen LogP contribution in [-0.4, -0.2) is 16.3 Å². The average Bonchev–Trinajstić information content (AvgIpc) is 2.80. The summed E-state index contributed by atoms with van der Waals surface area (Å²) >= 11 is 1.77. The summed E-state index contributed by atoms with van der Waals surface area (Å²) in [6.45, 7) is 0.397. The molecule has 0 fully saturated rings. The summed E-state index contributed by atoms with van der Waals surface area (Å²) in [7, 11) is 1.92. The van der Waals surface area contributed by atoms with Crippen molar-refractivity contribution < 1.29 is 0 Å². The van der Waals surface area contributed by atoms with Gasteiger partial charge in [-0.2, -0.15) is 5.10 Å². The molecule has 1 aromatic heterocycles. The highest BCUT2D eigenvalue weighted by Crippen LogP contribution is 2.22. The number of nitrogens with two attached hydrogens (primary N) is 1. The van der Waals surface area contributed by atoms with Crippen LogP contribution in [0.2, 0.25) is 0 Å². The molecule has 0 aliphatic carbocycles. The van der Waals surface area contributed by atoms with Crippen molar-refractivity contribution in [2.24, 2.45) is 12.8 Å². The normalized spacial score (nSPS) is 9.89. The van der Waals surface area contributed by atoms with Crippen LogP contribution in [0.4, 0.5) is 0 Å². The van der Waals surface area contributed by atoms with Crippen molar-refractivity contribution in [1.29, 1.82) is 0 Å². The molecule has 18 heavy (non-hydrogen) atoms. The summed E-state index contributed by atoms with van der Waals surface area (Å²) < 4.78 is 1.81. The van der Waals surface area contributed by atoms with Gasteiger partial charge in [-0.05, 0) is 17.7 Å². The van der Waals surface area contributed by atoms with E-state index in [1.165, 1.54) is 10.5 Å². The van der Waals surface area contributed by atoms with Crippen molar-refractivity contribution in [1.82, 2.24) is 9.78 Å². The number of thioether (sulfide) groups is 1. The van der Waals surface area contributed by atoms with Crippen molar-refractivity contribution in [2.75, 3.05) is 6.54 Å². The lowest BCUT2D eigenvalue weighted by atomic mass is 10.1. The number of aryl methyl sites for hydroxylation is 1. The molecule has 0 aliphatic heterocycles. The van der Waals surface area contributed by atoms with Gasteiger partial charge in [-0.15, -0.1) is 11.8 Å². The smallest absolute Gasteiger partial charge is 0.0625 e. The molecule has 0 bridgehead atoms. The molecule has 0 amide bonds. The first-order valence-corrected chi connectivity index (χ1v) is 6.66. The van der Waals surface area contributed by atoms with Crippen LogP contribution in [0.1, 0.15) is 11.1 Å². The van der Waals surface area contributed by atoms with Gasteiger partial charge in [0.1, 0.15) is 0 Å². The quantitative estimate of drug-likeness (QED) is 0.676. The van der Waals surface area contributed by atoms with E-state index in [2.05, 4.69) is 29.1 Å². The maximum absolute atomic E-state index is 5.36. The Balaban J connectivity index is 2.01. The zero-order chi connectivity index (χ0) is 12.8. The van der Waals surface area contributed by atoms with Crippen LogP contribution in [0.3, 0.4) is 0 Å². The molecule has 2 aromatic rings. The summed E-state index contributed by atoms with van der Waals surface area (Å²) in [5.41, 5.74) is 7.64. The van der Waals surface area contributed by atoms with Gasteiger partial charge >= 0.3 is 0 Å². The Labute approximate surface area is 111 Å². The fourth-order valence-electron chi connectivity index (χ4n) is 1.53. The molecule has 0 unspecified atom stereocenters. The van der Waals surface area contributed by atoms with E-state index in [0.29, 0.717) is 6.54 Å². The molecule has 1 heterocycles. The van der Waals surface area contributed by atoms with E-state index < -0.39 is 0 Å². The molecule has 0 spiro atoms. The second-order valence-corrected chi connectivity index (χ2v) is 4.89. The highest BCUT2D eigenvalue weighted by molar-refractivity contribution is 7.98. The summed E-state index contributed by atoms with van der Waals surface area (Å²) in [6.07, 6.45) is 3.89. The number of aromatic nitrogens is 2. The minimum absolute atomic E-state index is 0.397. The second kappa shape index (κ2) is 6.29. The first kappa shape index (κ1) is 12.7. The first-order chi connectivity index (χ1) is 8.78. The van der Waals surface area contributed by atoms with Crippen molar-refractivity contribution in [3.8, 4) is 11.8 Å². The predicted molar refractivity (Wildman–Crippen MR) is 75.1 cm³/mol. The minimum atomic E-state index is 0.397. The Bertz CT molecular complexity index is 578. The molecule has 0 atom stereocenters. The molecule has 0 saturated heterocycles. The topological polar surface area (TPSA) is 43.8 Å². The van der Waals surface area contributed by atoms with Gasteiger partial charge in [0.25, 0.3) is 0 Å². The monoisotopic (exact) mass is 257 g/mol. The molecule has 3 nitrogen and oxygen atoms in total. The summed E-state index contributed by atoms with van der Waals surface area (Å²) in [5, 5.41) is 4.15. The van der Waals surface area contributed by atoms with Gasteiger partial charge < -0.3 is 5.73 Å². The molecule has 4 heteroatoms. The number of hydrogen-bond donors (Lipinski definition) is 1. The van der Waals surface area contributed by atoms with Crippen molar-refractivity contribution in [3.63, 3.8) is 0 Å². The van der Waals surface area contributed by atoms with Crippen molar-refractivity contribution in [3.05, 3.63) is 47.8 Å². The van der Waals surface area contributed by atoms with E-state index in [1.54, 1.807) is 11.8 Å². The molecular formula is C14H15N3S. The fourth-order valence-corrected chi connectivity index (χ4v) is 2.39. The Morgan fingerprint density at radius 2 is 2.33 bits per heavy atom. The Morgan fingerprint density at radius 1 is 1.44 bits per heavy atom. The third-order valence-electron chi connectivity index (χ3n) is 2.35. The van der Waals surface area contributed by atoms with Gasteiger partial charge in [-0.1, -0.05) is 24.0 Å². The third-order valence-corrected chi connectivity index (χ3v) is 3.37. The lowest BCUT2D eigenvalue weighted by molar-refractivity contribution is 0.766. The van der Waals surface area contributed by atoms with E-state index in [4.69, 9.17) is 5.73 Å². The molecule has 1 aromatic carbocycles.